The lowest BCUT2D eigenvalue weighted by atomic mass is 9.95. The van der Waals surface area contributed by atoms with Crippen molar-refractivity contribution >= 4 is 29.4 Å². The maximum Gasteiger partial charge on any atom is 0.338 e. The Hall–Kier alpha value is -4.90. The number of carbonyl (C=O) groups excluding carboxylic acids is 2. The number of carbonyl (C=O) groups is 2. The van der Waals surface area contributed by atoms with Gasteiger partial charge in [0.25, 0.3) is 5.56 Å². The van der Waals surface area contributed by atoms with Gasteiger partial charge in [0, 0.05) is 11.6 Å². The molecule has 0 aliphatic carbocycles. The Morgan fingerprint density at radius 1 is 1.00 bits per heavy atom. The topological polar surface area (TPSA) is 119 Å². The molecule has 0 bridgehead atoms. The fraction of sp³-hybridized carbons (Fsp3) is 0.294. The highest BCUT2D eigenvalue weighted by Crippen LogP contribution is 2.36. The van der Waals surface area contributed by atoms with Gasteiger partial charge in [0.15, 0.2) is 16.3 Å². The molecule has 0 saturated carbocycles. The first-order chi connectivity index (χ1) is 21.6. The summed E-state index contributed by atoms with van der Waals surface area (Å²) in [6.45, 7) is 9.52. The highest BCUT2D eigenvalue weighted by atomic mass is 32.1. The highest BCUT2D eigenvalue weighted by Gasteiger charge is 2.34. The number of aromatic nitrogens is 1. The van der Waals surface area contributed by atoms with Gasteiger partial charge in [-0.1, -0.05) is 29.5 Å². The summed E-state index contributed by atoms with van der Waals surface area (Å²) >= 11 is 1.20. The SMILES string of the molecule is CCOC(=O)C1=C(C)N=c2s/c(=C\c3ccc(-c4ccc(C(=O)OCC)cc4)o3)c(=O)n2[C@@H]1c1ccc(OC(C)C)c(OC)c1. The fourth-order valence-electron chi connectivity index (χ4n) is 5.01. The van der Waals surface area contributed by atoms with Crippen LogP contribution < -0.4 is 24.4 Å². The molecule has 234 valence electrons. The molecule has 1 aliphatic heterocycles. The summed E-state index contributed by atoms with van der Waals surface area (Å²) in [6.07, 6.45) is 1.58. The number of fused-ring (bicyclic) bond motifs is 1. The molecule has 10 nitrogen and oxygen atoms in total. The quantitative estimate of drug-likeness (QED) is 0.224. The van der Waals surface area contributed by atoms with Gasteiger partial charge in [0.2, 0.25) is 0 Å². The number of nitrogens with zero attached hydrogens (tertiary/aromatic N) is 2. The van der Waals surface area contributed by atoms with E-state index in [0.717, 1.165) is 5.56 Å². The molecule has 0 spiro atoms. The Labute approximate surface area is 263 Å². The minimum atomic E-state index is -0.811. The fourth-order valence-corrected chi connectivity index (χ4v) is 6.04. The van der Waals surface area contributed by atoms with Crippen molar-refractivity contribution in [1.82, 2.24) is 4.57 Å². The molecule has 2 aromatic carbocycles. The molecule has 5 rings (SSSR count). The molecule has 1 atom stereocenters. The molecule has 45 heavy (non-hydrogen) atoms. The average molecular weight is 631 g/mol. The number of esters is 2. The number of methoxy groups -OCH3 is 1. The second-order valence-corrected chi connectivity index (χ2v) is 11.4. The van der Waals surface area contributed by atoms with Crippen LogP contribution in [0.5, 0.6) is 11.5 Å². The third-order valence-electron chi connectivity index (χ3n) is 6.96. The predicted molar refractivity (Wildman–Crippen MR) is 169 cm³/mol. The molecule has 0 saturated heterocycles. The van der Waals surface area contributed by atoms with E-state index in [1.807, 2.05) is 19.9 Å². The van der Waals surface area contributed by atoms with Gasteiger partial charge in [0.05, 0.1) is 53.8 Å². The number of hydrogen-bond donors (Lipinski definition) is 0. The van der Waals surface area contributed by atoms with E-state index in [-0.39, 0.29) is 23.8 Å². The molecule has 1 aliphatic rings. The summed E-state index contributed by atoms with van der Waals surface area (Å²) in [5, 5.41) is 0. The first-order valence-electron chi connectivity index (χ1n) is 14.6. The van der Waals surface area contributed by atoms with E-state index < -0.39 is 18.0 Å². The van der Waals surface area contributed by atoms with Crippen molar-refractivity contribution in [3.05, 3.63) is 102 Å². The third-order valence-corrected chi connectivity index (χ3v) is 7.95. The van der Waals surface area contributed by atoms with Crippen LogP contribution in [0.2, 0.25) is 0 Å². The first kappa shape index (κ1) is 31.5. The van der Waals surface area contributed by atoms with E-state index in [1.165, 1.54) is 23.0 Å². The van der Waals surface area contributed by atoms with Crippen molar-refractivity contribution in [2.75, 3.05) is 20.3 Å². The number of ether oxygens (including phenoxy) is 4. The zero-order valence-electron chi connectivity index (χ0n) is 25.9. The van der Waals surface area contributed by atoms with Gasteiger partial charge in [0.1, 0.15) is 11.5 Å². The minimum Gasteiger partial charge on any atom is -0.493 e. The third kappa shape index (κ3) is 6.48. The van der Waals surface area contributed by atoms with Crippen molar-refractivity contribution in [3.63, 3.8) is 0 Å². The smallest absolute Gasteiger partial charge is 0.338 e. The lowest BCUT2D eigenvalue weighted by Gasteiger charge is -2.25. The summed E-state index contributed by atoms with van der Waals surface area (Å²) in [5.74, 6) is 1.10. The highest BCUT2D eigenvalue weighted by molar-refractivity contribution is 7.07. The van der Waals surface area contributed by atoms with E-state index >= 15 is 0 Å². The van der Waals surface area contributed by atoms with E-state index in [0.29, 0.717) is 55.8 Å². The average Bonchev–Trinajstić information content (AvgIpc) is 3.60. The molecule has 0 N–H and O–H groups in total. The number of furan rings is 1. The lowest BCUT2D eigenvalue weighted by molar-refractivity contribution is -0.139. The van der Waals surface area contributed by atoms with Crippen LogP contribution in [0.3, 0.4) is 0 Å². The summed E-state index contributed by atoms with van der Waals surface area (Å²) in [5.41, 5.74) is 2.23. The Kier molecular flexibility index (Phi) is 9.38. The summed E-state index contributed by atoms with van der Waals surface area (Å²) in [4.78, 5) is 44.3. The van der Waals surface area contributed by atoms with Crippen LogP contribution in [0.25, 0.3) is 17.4 Å². The Morgan fingerprint density at radius 3 is 2.38 bits per heavy atom. The molecule has 2 aromatic heterocycles. The number of benzene rings is 2. The maximum atomic E-state index is 14.0. The van der Waals surface area contributed by atoms with Crippen LogP contribution in [0, 0.1) is 0 Å². The standard InChI is InChI=1S/C34H34N2O8S/c1-7-41-32(38)22-11-9-21(10-12-22)25-16-14-24(44-25)18-28-31(37)36-30(23-13-15-26(43-19(3)4)27(17-23)40-6)29(33(39)42-8-2)20(5)35-34(36)45-28/h9-19,30H,7-8H2,1-6H3/b28-18-/t30-/m1/s1. The van der Waals surface area contributed by atoms with Crippen LogP contribution >= 0.6 is 11.3 Å². The van der Waals surface area contributed by atoms with Gasteiger partial charge in [-0.2, -0.15) is 0 Å². The largest absolute Gasteiger partial charge is 0.493 e. The van der Waals surface area contributed by atoms with Crippen LogP contribution in [0.4, 0.5) is 0 Å². The van der Waals surface area contributed by atoms with E-state index in [9.17, 15) is 14.4 Å². The normalized spacial score (nSPS) is 14.6. The molecule has 0 radical (unpaired) electrons. The zero-order valence-corrected chi connectivity index (χ0v) is 26.7. The summed E-state index contributed by atoms with van der Waals surface area (Å²) < 4.78 is 29.9. The van der Waals surface area contributed by atoms with Crippen LogP contribution in [0.15, 0.2) is 80.1 Å². The molecular formula is C34H34N2O8S. The monoisotopic (exact) mass is 630 g/mol. The predicted octanol–water partition coefficient (Wildman–Crippen LogP) is 5.03. The lowest BCUT2D eigenvalue weighted by Crippen LogP contribution is -2.40. The van der Waals surface area contributed by atoms with Crippen LogP contribution in [-0.2, 0) is 14.3 Å². The van der Waals surface area contributed by atoms with Crippen molar-refractivity contribution in [2.45, 2.75) is 46.8 Å². The Bertz CT molecular complexity index is 1950. The summed E-state index contributed by atoms with van der Waals surface area (Å²) in [6, 6.07) is 15.0. The van der Waals surface area contributed by atoms with Crippen molar-refractivity contribution in [2.24, 2.45) is 4.99 Å². The number of hydrogen-bond acceptors (Lipinski definition) is 10. The van der Waals surface area contributed by atoms with Crippen LogP contribution in [-0.4, -0.2) is 42.9 Å². The van der Waals surface area contributed by atoms with Gasteiger partial charge >= 0.3 is 11.9 Å². The van der Waals surface area contributed by atoms with Gasteiger partial charge in [-0.3, -0.25) is 9.36 Å². The molecule has 0 amide bonds. The van der Waals surface area contributed by atoms with Crippen molar-refractivity contribution in [3.8, 4) is 22.8 Å². The van der Waals surface area contributed by atoms with Gasteiger partial charge in [-0.25, -0.2) is 14.6 Å². The number of allylic oxidation sites excluding steroid dienone is 1. The molecular weight excluding hydrogens is 596 g/mol. The molecule has 0 fully saturated rings. The van der Waals surface area contributed by atoms with Crippen LogP contribution in [0.1, 0.15) is 62.3 Å². The van der Waals surface area contributed by atoms with Gasteiger partial charge in [-0.15, -0.1) is 0 Å². The Balaban J connectivity index is 1.57. The Morgan fingerprint density at radius 2 is 1.71 bits per heavy atom. The maximum absolute atomic E-state index is 14.0. The van der Waals surface area contributed by atoms with E-state index in [4.69, 9.17) is 23.4 Å². The molecule has 0 unspecified atom stereocenters. The van der Waals surface area contributed by atoms with Crippen molar-refractivity contribution < 1.29 is 33.0 Å². The van der Waals surface area contributed by atoms with E-state index in [1.54, 1.807) is 75.4 Å². The molecule has 3 heterocycles. The van der Waals surface area contributed by atoms with E-state index in [2.05, 4.69) is 4.99 Å². The second kappa shape index (κ2) is 13.4. The first-order valence-corrected chi connectivity index (χ1v) is 15.4. The molecule has 11 heteroatoms. The van der Waals surface area contributed by atoms with Gasteiger partial charge in [-0.05, 0) is 76.6 Å². The second-order valence-electron chi connectivity index (χ2n) is 10.4. The minimum absolute atomic E-state index is 0.0780. The van der Waals surface area contributed by atoms with Crippen molar-refractivity contribution in [1.29, 1.82) is 0 Å². The van der Waals surface area contributed by atoms with Gasteiger partial charge < -0.3 is 23.4 Å². The zero-order chi connectivity index (χ0) is 32.2. The molecule has 4 aromatic rings. The summed E-state index contributed by atoms with van der Waals surface area (Å²) in [7, 11) is 1.54. The number of rotatable bonds is 10. The number of thiazole rings is 1.